The molecule has 0 atom stereocenters. The van der Waals surface area contributed by atoms with Gasteiger partial charge in [-0.3, -0.25) is 14.4 Å². The standard InChI is InChI=1S/C17H15ClN2O3/c1-10(21)19-12-7-8-16(20-11(2)22)14(9-12)17(23)13-5-3-4-6-15(13)18/h3-9H,1-2H3,(H,19,21)(H,20,22). The third-order valence-corrected chi connectivity index (χ3v) is 3.34. The first-order valence-electron chi connectivity index (χ1n) is 6.87. The maximum Gasteiger partial charge on any atom is 0.221 e. The van der Waals surface area contributed by atoms with Crippen LogP contribution in [0.2, 0.25) is 5.02 Å². The summed E-state index contributed by atoms with van der Waals surface area (Å²) >= 11 is 6.07. The highest BCUT2D eigenvalue weighted by atomic mass is 35.5. The molecule has 2 aromatic rings. The van der Waals surface area contributed by atoms with Crippen molar-refractivity contribution in [3.05, 3.63) is 58.6 Å². The number of anilines is 2. The number of carbonyl (C=O) groups is 3. The summed E-state index contributed by atoms with van der Waals surface area (Å²) in [5.41, 5.74) is 1.39. The van der Waals surface area contributed by atoms with Crippen molar-refractivity contribution in [1.29, 1.82) is 0 Å². The molecule has 0 unspecified atom stereocenters. The first-order valence-corrected chi connectivity index (χ1v) is 7.24. The monoisotopic (exact) mass is 330 g/mol. The van der Waals surface area contributed by atoms with Crippen molar-refractivity contribution in [1.82, 2.24) is 0 Å². The Labute approximate surface area is 138 Å². The molecule has 0 spiro atoms. The lowest BCUT2D eigenvalue weighted by Crippen LogP contribution is -2.13. The van der Waals surface area contributed by atoms with Gasteiger partial charge in [0.25, 0.3) is 0 Å². The van der Waals surface area contributed by atoms with Gasteiger partial charge in [-0.25, -0.2) is 0 Å². The summed E-state index contributed by atoms with van der Waals surface area (Å²) in [5.74, 6) is -0.898. The van der Waals surface area contributed by atoms with Gasteiger partial charge in [0.15, 0.2) is 5.78 Å². The quantitative estimate of drug-likeness (QED) is 0.843. The summed E-state index contributed by atoms with van der Waals surface area (Å²) < 4.78 is 0. The zero-order valence-electron chi connectivity index (χ0n) is 12.6. The number of rotatable bonds is 4. The van der Waals surface area contributed by atoms with Crippen LogP contribution < -0.4 is 10.6 Å². The summed E-state index contributed by atoms with van der Waals surface area (Å²) in [5, 5.41) is 5.53. The van der Waals surface area contributed by atoms with Crippen molar-refractivity contribution in [3.63, 3.8) is 0 Å². The van der Waals surface area contributed by atoms with Crippen LogP contribution in [0.25, 0.3) is 0 Å². The summed E-state index contributed by atoms with van der Waals surface area (Å²) in [7, 11) is 0. The van der Waals surface area contributed by atoms with Crippen molar-refractivity contribution in [2.45, 2.75) is 13.8 Å². The molecule has 0 saturated heterocycles. The Balaban J connectivity index is 2.52. The van der Waals surface area contributed by atoms with Crippen LogP contribution in [0.5, 0.6) is 0 Å². The van der Waals surface area contributed by atoms with E-state index in [1.54, 1.807) is 36.4 Å². The molecular formula is C17H15ClN2O3. The van der Waals surface area contributed by atoms with Crippen LogP contribution in [-0.2, 0) is 9.59 Å². The van der Waals surface area contributed by atoms with Crippen molar-refractivity contribution >= 4 is 40.6 Å². The van der Waals surface area contributed by atoms with Gasteiger partial charge in [-0.2, -0.15) is 0 Å². The first kappa shape index (κ1) is 16.7. The van der Waals surface area contributed by atoms with Crippen molar-refractivity contribution < 1.29 is 14.4 Å². The largest absolute Gasteiger partial charge is 0.326 e. The highest BCUT2D eigenvalue weighted by Gasteiger charge is 2.18. The molecule has 0 heterocycles. The average Bonchev–Trinajstić information content (AvgIpc) is 2.47. The normalized spacial score (nSPS) is 10.0. The molecule has 118 valence electrons. The fourth-order valence-electron chi connectivity index (χ4n) is 2.10. The summed E-state index contributed by atoms with van der Waals surface area (Å²) in [6, 6.07) is 11.3. The maximum atomic E-state index is 12.8. The molecule has 0 aliphatic carbocycles. The second-order valence-corrected chi connectivity index (χ2v) is 5.34. The van der Waals surface area contributed by atoms with Crippen LogP contribution in [-0.4, -0.2) is 17.6 Å². The number of halogens is 1. The van der Waals surface area contributed by atoms with Crippen LogP contribution in [0, 0.1) is 0 Å². The number of benzene rings is 2. The number of nitrogens with one attached hydrogen (secondary N) is 2. The number of hydrogen-bond donors (Lipinski definition) is 2. The summed E-state index contributed by atoms with van der Waals surface area (Å²) in [4.78, 5) is 35.3. The Kier molecular flexibility index (Phi) is 5.13. The molecule has 0 aliphatic rings. The minimum Gasteiger partial charge on any atom is -0.326 e. The highest BCUT2D eigenvalue weighted by Crippen LogP contribution is 2.26. The van der Waals surface area contributed by atoms with E-state index in [2.05, 4.69) is 10.6 Å². The van der Waals surface area contributed by atoms with Crippen LogP contribution in [0.3, 0.4) is 0 Å². The van der Waals surface area contributed by atoms with Gasteiger partial charge in [0.05, 0.1) is 10.7 Å². The molecule has 2 aromatic carbocycles. The summed E-state index contributed by atoms with van der Waals surface area (Å²) in [6.07, 6.45) is 0. The van der Waals surface area contributed by atoms with Gasteiger partial charge < -0.3 is 10.6 Å². The van der Waals surface area contributed by atoms with E-state index >= 15 is 0 Å². The molecule has 6 heteroatoms. The number of hydrogen-bond acceptors (Lipinski definition) is 3. The van der Waals surface area contributed by atoms with Gasteiger partial charge >= 0.3 is 0 Å². The van der Waals surface area contributed by atoms with Crippen molar-refractivity contribution in [2.75, 3.05) is 10.6 Å². The number of carbonyl (C=O) groups excluding carboxylic acids is 3. The minimum absolute atomic E-state index is 0.250. The Morgan fingerprint density at radius 2 is 1.52 bits per heavy atom. The van der Waals surface area contributed by atoms with E-state index < -0.39 is 0 Å². The van der Waals surface area contributed by atoms with Crippen molar-refractivity contribution in [3.8, 4) is 0 Å². The fourth-order valence-corrected chi connectivity index (χ4v) is 2.32. The molecule has 0 saturated carbocycles. The fraction of sp³-hybridized carbons (Fsp3) is 0.118. The van der Waals surface area contributed by atoms with Gasteiger partial charge in [0.1, 0.15) is 0 Å². The Bertz CT molecular complexity index is 787. The second-order valence-electron chi connectivity index (χ2n) is 4.93. The SMILES string of the molecule is CC(=O)Nc1ccc(NC(C)=O)c(C(=O)c2ccccc2Cl)c1. The van der Waals surface area contributed by atoms with Gasteiger partial charge in [0.2, 0.25) is 11.8 Å². The van der Waals surface area contributed by atoms with Crippen LogP contribution in [0.4, 0.5) is 11.4 Å². The van der Waals surface area contributed by atoms with Crippen molar-refractivity contribution in [2.24, 2.45) is 0 Å². The summed E-state index contributed by atoms with van der Waals surface area (Å²) in [6.45, 7) is 2.72. The molecule has 0 radical (unpaired) electrons. The van der Waals surface area contributed by atoms with Crippen LogP contribution >= 0.6 is 11.6 Å². The van der Waals surface area contributed by atoms with E-state index in [1.165, 1.54) is 19.9 Å². The topological polar surface area (TPSA) is 75.3 Å². The highest BCUT2D eigenvalue weighted by molar-refractivity contribution is 6.35. The second kappa shape index (κ2) is 7.07. The Hall–Kier alpha value is -2.66. The third-order valence-electron chi connectivity index (χ3n) is 3.01. The van der Waals surface area contributed by atoms with Crippen LogP contribution in [0.1, 0.15) is 29.8 Å². The predicted octanol–water partition coefficient (Wildman–Crippen LogP) is 3.49. The van der Waals surface area contributed by atoms with Crippen LogP contribution in [0.15, 0.2) is 42.5 Å². The van der Waals surface area contributed by atoms with E-state index in [9.17, 15) is 14.4 Å². The van der Waals surface area contributed by atoms with E-state index in [0.717, 1.165) is 0 Å². The zero-order valence-corrected chi connectivity index (χ0v) is 13.4. The molecule has 0 aromatic heterocycles. The minimum atomic E-state index is -0.341. The zero-order chi connectivity index (χ0) is 17.0. The van der Waals surface area contributed by atoms with E-state index in [4.69, 9.17) is 11.6 Å². The third kappa shape index (κ3) is 4.17. The van der Waals surface area contributed by atoms with E-state index in [-0.39, 0.29) is 23.2 Å². The molecule has 0 aliphatic heterocycles. The predicted molar refractivity (Wildman–Crippen MR) is 89.9 cm³/mol. The molecule has 2 amide bonds. The number of amides is 2. The van der Waals surface area contributed by atoms with Gasteiger partial charge in [0, 0.05) is 30.7 Å². The van der Waals surface area contributed by atoms with E-state index in [1.807, 2.05) is 0 Å². The molecular weight excluding hydrogens is 316 g/mol. The molecule has 23 heavy (non-hydrogen) atoms. The molecule has 2 rings (SSSR count). The average molecular weight is 331 g/mol. The van der Waals surface area contributed by atoms with Gasteiger partial charge in [-0.05, 0) is 30.3 Å². The van der Waals surface area contributed by atoms with E-state index in [0.29, 0.717) is 22.0 Å². The lowest BCUT2D eigenvalue weighted by atomic mass is 10.0. The lowest BCUT2D eigenvalue weighted by molar-refractivity contribution is -0.115. The van der Waals surface area contributed by atoms with Gasteiger partial charge in [-0.15, -0.1) is 0 Å². The number of ketones is 1. The Morgan fingerprint density at radius 3 is 2.13 bits per heavy atom. The van der Waals surface area contributed by atoms with Gasteiger partial charge in [-0.1, -0.05) is 23.7 Å². The first-order chi connectivity index (χ1) is 10.9. The molecule has 5 nitrogen and oxygen atoms in total. The molecule has 2 N–H and O–H groups in total. The Morgan fingerprint density at radius 1 is 0.870 bits per heavy atom. The smallest absolute Gasteiger partial charge is 0.221 e. The maximum absolute atomic E-state index is 12.8. The molecule has 0 fully saturated rings. The lowest BCUT2D eigenvalue weighted by Gasteiger charge is -2.12. The molecule has 0 bridgehead atoms.